The highest BCUT2D eigenvalue weighted by molar-refractivity contribution is 5.99. The number of nitrogens with zero attached hydrogens (tertiary/aromatic N) is 4. The lowest BCUT2D eigenvalue weighted by Crippen LogP contribution is -2.33. The van der Waals surface area contributed by atoms with Gasteiger partial charge in [0.05, 0.1) is 0 Å². The Kier molecular flexibility index (Phi) is 4.26. The number of benzene rings is 1. The maximum absolute atomic E-state index is 12.9. The average molecular weight is 351 g/mol. The summed E-state index contributed by atoms with van der Waals surface area (Å²) in [5.41, 5.74) is 4.12. The molecule has 0 saturated carbocycles. The normalized spacial score (nSPS) is 21.9. The number of anilines is 2. The van der Waals surface area contributed by atoms with Crippen molar-refractivity contribution in [1.82, 2.24) is 14.8 Å². The zero-order valence-electron chi connectivity index (χ0n) is 15.6. The van der Waals surface area contributed by atoms with Gasteiger partial charge in [0.2, 0.25) is 5.95 Å². The Morgan fingerprint density at radius 3 is 2.62 bits per heavy atom. The second-order valence-corrected chi connectivity index (χ2v) is 7.15. The van der Waals surface area contributed by atoms with E-state index in [2.05, 4.69) is 65.3 Å². The molecule has 0 spiro atoms. The van der Waals surface area contributed by atoms with E-state index in [9.17, 15) is 4.79 Å². The van der Waals surface area contributed by atoms with Crippen LogP contribution in [0.15, 0.2) is 41.9 Å². The quantitative estimate of drug-likeness (QED) is 0.915. The van der Waals surface area contributed by atoms with E-state index in [4.69, 9.17) is 0 Å². The number of hydrogen-bond donors (Lipinski definition) is 1. The molecule has 1 N–H and O–H groups in total. The number of aromatic nitrogens is 3. The van der Waals surface area contributed by atoms with Crippen molar-refractivity contribution in [3.8, 4) is 0 Å². The van der Waals surface area contributed by atoms with Crippen molar-refractivity contribution in [2.24, 2.45) is 5.92 Å². The maximum Gasteiger partial charge on any atom is 0.226 e. The van der Waals surface area contributed by atoms with E-state index in [1.807, 2.05) is 4.68 Å². The summed E-state index contributed by atoms with van der Waals surface area (Å²) < 4.78 is 1.83. The van der Waals surface area contributed by atoms with Crippen LogP contribution < -0.4 is 10.2 Å². The Balaban J connectivity index is 1.77. The number of hydrogen-bond acceptors (Lipinski definition) is 5. The lowest BCUT2D eigenvalue weighted by atomic mass is 9.81. The van der Waals surface area contributed by atoms with Crippen LogP contribution in [0.3, 0.4) is 0 Å². The predicted octanol–water partition coefficient (Wildman–Crippen LogP) is 3.39. The third kappa shape index (κ3) is 2.69. The molecular weight excluding hydrogens is 326 g/mol. The minimum absolute atomic E-state index is 0.200. The standard InChI is InChI=1S/C20H25N5O/c1-4-24(5-2)15-8-6-14(7-9-15)19-18-16(10-13(3)11-17(18)26)23-20-21-12-22-25(19)20/h6-9,12-13,19H,4-5,10-11H2,1-3H3,(H,21,22,23)/t13-,19-/m0/s1. The van der Waals surface area contributed by atoms with E-state index in [-0.39, 0.29) is 11.8 Å². The smallest absolute Gasteiger partial charge is 0.226 e. The summed E-state index contributed by atoms with van der Waals surface area (Å²) in [5.74, 6) is 1.28. The molecule has 1 aliphatic heterocycles. The van der Waals surface area contributed by atoms with Gasteiger partial charge in [0.1, 0.15) is 12.4 Å². The fourth-order valence-electron chi connectivity index (χ4n) is 4.11. The largest absolute Gasteiger partial charge is 0.372 e. The molecule has 0 amide bonds. The lowest BCUT2D eigenvalue weighted by Gasteiger charge is -2.34. The molecule has 0 radical (unpaired) electrons. The summed E-state index contributed by atoms with van der Waals surface area (Å²) >= 11 is 0. The van der Waals surface area contributed by atoms with Gasteiger partial charge in [0.15, 0.2) is 5.78 Å². The van der Waals surface area contributed by atoms with Crippen molar-refractivity contribution in [3.05, 3.63) is 47.4 Å². The van der Waals surface area contributed by atoms with Crippen LogP contribution in [-0.2, 0) is 4.79 Å². The summed E-state index contributed by atoms with van der Waals surface area (Å²) in [6, 6.07) is 8.30. The number of nitrogens with one attached hydrogen (secondary N) is 1. The van der Waals surface area contributed by atoms with Gasteiger partial charge in [-0.05, 0) is 43.9 Å². The van der Waals surface area contributed by atoms with Crippen LogP contribution >= 0.6 is 0 Å². The molecule has 2 aliphatic rings. The molecule has 1 aliphatic carbocycles. The molecule has 0 saturated heterocycles. The molecule has 136 valence electrons. The van der Waals surface area contributed by atoms with Crippen molar-refractivity contribution < 1.29 is 4.79 Å². The van der Waals surface area contributed by atoms with Gasteiger partial charge >= 0.3 is 0 Å². The third-order valence-corrected chi connectivity index (χ3v) is 5.40. The minimum Gasteiger partial charge on any atom is -0.372 e. The average Bonchev–Trinajstić information content (AvgIpc) is 3.09. The van der Waals surface area contributed by atoms with E-state index in [0.717, 1.165) is 36.3 Å². The first-order chi connectivity index (χ1) is 12.6. The monoisotopic (exact) mass is 351 g/mol. The van der Waals surface area contributed by atoms with Gasteiger partial charge in [-0.1, -0.05) is 19.1 Å². The van der Waals surface area contributed by atoms with Crippen molar-refractivity contribution in [3.63, 3.8) is 0 Å². The number of fused-ring (bicyclic) bond motifs is 1. The van der Waals surface area contributed by atoms with Crippen LogP contribution in [0.25, 0.3) is 0 Å². The molecule has 6 nitrogen and oxygen atoms in total. The summed E-state index contributed by atoms with van der Waals surface area (Å²) in [6.45, 7) is 8.39. The summed E-state index contributed by atoms with van der Waals surface area (Å²) in [7, 11) is 0. The topological polar surface area (TPSA) is 63.1 Å². The van der Waals surface area contributed by atoms with E-state index in [1.54, 1.807) is 6.33 Å². The molecule has 2 atom stereocenters. The molecular formula is C20H25N5O. The highest BCUT2D eigenvalue weighted by atomic mass is 16.1. The number of ketones is 1. The Morgan fingerprint density at radius 2 is 1.92 bits per heavy atom. The van der Waals surface area contributed by atoms with Crippen LogP contribution in [0.1, 0.15) is 45.2 Å². The minimum atomic E-state index is -0.200. The second-order valence-electron chi connectivity index (χ2n) is 7.15. The Morgan fingerprint density at radius 1 is 1.19 bits per heavy atom. The van der Waals surface area contributed by atoms with Gasteiger partial charge in [-0.15, -0.1) is 0 Å². The molecule has 0 bridgehead atoms. The van der Waals surface area contributed by atoms with Gasteiger partial charge in [0, 0.05) is 36.5 Å². The number of rotatable bonds is 4. The van der Waals surface area contributed by atoms with E-state index >= 15 is 0 Å². The van der Waals surface area contributed by atoms with Gasteiger partial charge in [-0.25, -0.2) is 4.68 Å². The molecule has 1 aromatic carbocycles. The summed E-state index contributed by atoms with van der Waals surface area (Å²) in [4.78, 5) is 19.5. The van der Waals surface area contributed by atoms with Crippen LogP contribution in [0.4, 0.5) is 11.6 Å². The van der Waals surface area contributed by atoms with Crippen molar-refractivity contribution in [2.75, 3.05) is 23.3 Å². The molecule has 0 fully saturated rings. The number of carbonyl (C=O) groups excluding carboxylic acids is 1. The molecule has 2 heterocycles. The van der Waals surface area contributed by atoms with Gasteiger partial charge in [-0.3, -0.25) is 4.79 Å². The zero-order chi connectivity index (χ0) is 18.3. The SMILES string of the molecule is CCN(CC)c1ccc([C@H]2C3=C(C[C@H](C)CC3=O)Nc3ncnn32)cc1. The van der Waals surface area contributed by atoms with Crippen LogP contribution in [0.2, 0.25) is 0 Å². The van der Waals surface area contributed by atoms with Crippen LogP contribution in [0, 0.1) is 5.92 Å². The molecule has 26 heavy (non-hydrogen) atoms. The highest BCUT2D eigenvalue weighted by Crippen LogP contribution is 2.41. The number of Topliss-reactive ketones (excluding diaryl/α,β-unsaturated/α-hetero) is 1. The third-order valence-electron chi connectivity index (χ3n) is 5.40. The van der Waals surface area contributed by atoms with E-state index in [1.165, 1.54) is 5.69 Å². The molecule has 0 unspecified atom stereocenters. The van der Waals surface area contributed by atoms with E-state index < -0.39 is 0 Å². The van der Waals surface area contributed by atoms with Gasteiger partial charge in [-0.2, -0.15) is 10.1 Å². The van der Waals surface area contributed by atoms with Crippen LogP contribution in [0.5, 0.6) is 0 Å². The van der Waals surface area contributed by atoms with Crippen molar-refractivity contribution >= 4 is 17.4 Å². The van der Waals surface area contributed by atoms with Gasteiger partial charge < -0.3 is 10.2 Å². The fourth-order valence-corrected chi connectivity index (χ4v) is 4.11. The predicted molar refractivity (Wildman–Crippen MR) is 102 cm³/mol. The fraction of sp³-hybridized carbons (Fsp3) is 0.450. The molecule has 4 rings (SSSR count). The first-order valence-corrected chi connectivity index (χ1v) is 9.40. The maximum atomic E-state index is 12.9. The highest BCUT2D eigenvalue weighted by Gasteiger charge is 2.37. The molecule has 6 heteroatoms. The summed E-state index contributed by atoms with van der Waals surface area (Å²) in [5, 5.41) is 7.72. The first-order valence-electron chi connectivity index (χ1n) is 9.40. The zero-order valence-corrected chi connectivity index (χ0v) is 15.6. The first kappa shape index (κ1) is 16.8. The van der Waals surface area contributed by atoms with E-state index in [0.29, 0.717) is 18.3 Å². The van der Waals surface area contributed by atoms with Crippen molar-refractivity contribution in [1.29, 1.82) is 0 Å². The summed E-state index contributed by atoms with van der Waals surface area (Å²) in [6.07, 6.45) is 3.02. The van der Waals surface area contributed by atoms with Crippen LogP contribution in [-0.4, -0.2) is 33.6 Å². The Labute approximate surface area is 153 Å². The number of carbonyl (C=O) groups is 1. The Hall–Kier alpha value is -2.63. The van der Waals surface area contributed by atoms with Crippen molar-refractivity contribution in [2.45, 2.75) is 39.7 Å². The molecule has 1 aromatic heterocycles. The van der Waals surface area contributed by atoms with Gasteiger partial charge in [0.25, 0.3) is 0 Å². The second kappa shape index (κ2) is 6.59. The Bertz CT molecular complexity index is 847. The number of allylic oxidation sites excluding steroid dienone is 2. The lowest BCUT2D eigenvalue weighted by molar-refractivity contribution is -0.117. The molecule has 2 aromatic rings.